The molecule has 9 nitrogen and oxygen atoms in total. The van der Waals surface area contributed by atoms with Gasteiger partial charge in [-0.3, -0.25) is 24.6 Å². The summed E-state index contributed by atoms with van der Waals surface area (Å²) in [7, 11) is 0. The zero-order valence-electron chi connectivity index (χ0n) is 11.4. The second kappa shape index (κ2) is 5.38. The van der Waals surface area contributed by atoms with Crippen LogP contribution in [0.15, 0.2) is 32.9 Å². The van der Waals surface area contributed by atoms with E-state index in [-0.39, 0.29) is 35.6 Å². The molecular weight excluding hydrogens is 288 g/mol. The molecule has 1 aromatic carbocycles. The van der Waals surface area contributed by atoms with Crippen LogP contribution in [0.4, 0.5) is 5.69 Å². The number of fused-ring (bicyclic) bond motifs is 1. The van der Waals surface area contributed by atoms with Crippen LogP contribution in [0, 0.1) is 5.92 Å². The molecule has 3 rings (SSSR count). The molecule has 2 aromatic rings. The normalized spacial score (nSPS) is 17.7. The van der Waals surface area contributed by atoms with E-state index >= 15 is 0 Å². The van der Waals surface area contributed by atoms with Crippen molar-refractivity contribution in [2.45, 2.75) is 6.42 Å². The van der Waals surface area contributed by atoms with E-state index in [9.17, 15) is 14.4 Å². The number of nitrogens with one attached hydrogen (secondary N) is 2. The number of carbonyl (C=O) groups excluding carboxylic acids is 1. The molecule has 2 N–H and O–H groups in total. The van der Waals surface area contributed by atoms with E-state index < -0.39 is 11.1 Å². The van der Waals surface area contributed by atoms with Gasteiger partial charge < -0.3 is 4.90 Å². The summed E-state index contributed by atoms with van der Waals surface area (Å²) < 4.78 is 0. The molecule has 1 amide bonds. The minimum absolute atomic E-state index is 0.0975. The van der Waals surface area contributed by atoms with Crippen LogP contribution in [0.25, 0.3) is 21.2 Å². The third kappa shape index (κ3) is 2.23. The summed E-state index contributed by atoms with van der Waals surface area (Å²) in [5.41, 5.74) is 7.88. The van der Waals surface area contributed by atoms with Crippen LogP contribution in [-0.4, -0.2) is 29.2 Å². The highest BCUT2D eigenvalue weighted by Crippen LogP contribution is 2.28. The van der Waals surface area contributed by atoms with Gasteiger partial charge in [-0.1, -0.05) is 11.2 Å². The molecule has 1 fully saturated rings. The maximum atomic E-state index is 12.2. The average Bonchev–Trinajstić information content (AvgIpc) is 2.89. The van der Waals surface area contributed by atoms with Crippen molar-refractivity contribution >= 4 is 22.4 Å². The van der Waals surface area contributed by atoms with Gasteiger partial charge in [0.2, 0.25) is 5.91 Å². The molecule has 0 saturated carbocycles. The quantitative estimate of drug-likeness (QED) is 0.494. The number of carbonyl (C=O) groups is 1. The fourth-order valence-corrected chi connectivity index (χ4v) is 2.72. The van der Waals surface area contributed by atoms with Crippen LogP contribution in [0.1, 0.15) is 6.42 Å². The summed E-state index contributed by atoms with van der Waals surface area (Å²) >= 11 is 0. The summed E-state index contributed by atoms with van der Waals surface area (Å²) in [5.74, 6) is -0.259. The Morgan fingerprint density at radius 2 is 2.05 bits per heavy atom. The molecule has 0 bridgehead atoms. The topological polar surface area (TPSA) is 135 Å². The van der Waals surface area contributed by atoms with Gasteiger partial charge in [0.05, 0.1) is 16.5 Å². The number of aromatic nitrogens is 2. The molecular formula is C13H12N6O3. The minimum atomic E-state index is -0.462. The standard InChI is InChI=1S/C13H12N6O3/c14-18-15-5-7-4-10(20)19(6-7)9-3-1-2-8-11(9)13(22)17-16-12(8)21/h1-3,7H,4-6H2,(H,16,21)(H,17,22). The van der Waals surface area contributed by atoms with Crippen LogP contribution < -0.4 is 16.0 Å². The lowest BCUT2D eigenvalue weighted by Crippen LogP contribution is -2.28. The molecule has 1 aliphatic rings. The number of anilines is 1. The van der Waals surface area contributed by atoms with E-state index in [1.807, 2.05) is 0 Å². The molecule has 22 heavy (non-hydrogen) atoms. The predicted molar refractivity (Wildman–Crippen MR) is 79.7 cm³/mol. The maximum absolute atomic E-state index is 12.2. The second-order valence-electron chi connectivity index (χ2n) is 5.10. The minimum Gasteiger partial charge on any atom is -0.311 e. The lowest BCUT2D eigenvalue weighted by atomic mass is 10.1. The monoisotopic (exact) mass is 300 g/mol. The van der Waals surface area contributed by atoms with E-state index in [2.05, 4.69) is 20.2 Å². The van der Waals surface area contributed by atoms with Crippen molar-refractivity contribution in [3.63, 3.8) is 0 Å². The SMILES string of the molecule is [N-]=[N+]=NCC1CC(=O)N(c2cccc3c(=O)[nH][nH]c(=O)c23)C1. The van der Waals surface area contributed by atoms with Crippen molar-refractivity contribution in [3.8, 4) is 0 Å². The zero-order chi connectivity index (χ0) is 15.7. The Labute approximate surface area is 123 Å². The first-order valence-corrected chi connectivity index (χ1v) is 6.66. The lowest BCUT2D eigenvalue weighted by molar-refractivity contribution is -0.117. The lowest BCUT2D eigenvalue weighted by Gasteiger charge is -2.18. The van der Waals surface area contributed by atoms with Gasteiger partial charge in [0.15, 0.2) is 0 Å². The smallest absolute Gasteiger partial charge is 0.272 e. The van der Waals surface area contributed by atoms with E-state index in [0.29, 0.717) is 12.2 Å². The Morgan fingerprint density at radius 3 is 2.82 bits per heavy atom. The van der Waals surface area contributed by atoms with Gasteiger partial charge >= 0.3 is 0 Å². The summed E-state index contributed by atoms with van der Waals surface area (Å²) in [5, 5.41) is 8.43. The maximum Gasteiger partial charge on any atom is 0.272 e. The van der Waals surface area contributed by atoms with Crippen molar-refractivity contribution in [1.82, 2.24) is 10.2 Å². The fourth-order valence-electron chi connectivity index (χ4n) is 2.72. The van der Waals surface area contributed by atoms with Crippen LogP contribution in [-0.2, 0) is 4.79 Å². The Morgan fingerprint density at radius 1 is 1.27 bits per heavy atom. The van der Waals surface area contributed by atoms with Crippen molar-refractivity contribution in [1.29, 1.82) is 0 Å². The van der Waals surface area contributed by atoms with Gasteiger partial charge in [0.25, 0.3) is 11.1 Å². The van der Waals surface area contributed by atoms with E-state index in [1.54, 1.807) is 12.1 Å². The molecule has 0 radical (unpaired) electrons. The number of H-pyrrole nitrogens is 2. The number of hydrogen-bond donors (Lipinski definition) is 2. The zero-order valence-corrected chi connectivity index (χ0v) is 11.4. The Hall–Kier alpha value is -3.06. The molecule has 0 spiro atoms. The van der Waals surface area contributed by atoms with Gasteiger partial charge in [-0.25, -0.2) is 0 Å². The van der Waals surface area contributed by atoms with E-state index in [4.69, 9.17) is 5.53 Å². The number of rotatable bonds is 3. The number of azide groups is 1. The molecule has 1 aromatic heterocycles. The molecule has 1 unspecified atom stereocenters. The number of benzene rings is 1. The molecule has 1 atom stereocenters. The summed E-state index contributed by atoms with van der Waals surface area (Å²) in [6.07, 6.45) is 0.247. The summed E-state index contributed by atoms with van der Waals surface area (Å²) in [4.78, 5) is 40.2. The third-order valence-electron chi connectivity index (χ3n) is 3.70. The summed E-state index contributed by atoms with van der Waals surface area (Å²) in [6.45, 7) is 0.573. The number of hydrogen-bond acceptors (Lipinski definition) is 4. The summed E-state index contributed by atoms with van der Waals surface area (Å²) in [6, 6.07) is 4.79. The third-order valence-corrected chi connectivity index (χ3v) is 3.70. The molecule has 112 valence electrons. The molecule has 0 aliphatic carbocycles. The Kier molecular flexibility index (Phi) is 3.40. The first-order chi connectivity index (χ1) is 10.6. The van der Waals surface area contributed by atoms with Crippen molar-refractivity contribution in [2.24, 2.45) is 11.0 Å². The van der Waals surface area contributed by atoms with Crippen LogP contribution in [0.2, 0.25) is 0 Å². The van der Waals surface area contributed by atoms with Crippen LogP contribution in [0.3, 0.4) is 0 Å². The van der Waals surface area contributed by atoms with Gasteiger partial charge in [-0.15, -0.1) is 0 Å². The second-order valence-corrected chi connectivity index (χ2v) is 5.10. The number of aromatic amines is 2. The van der Waals surface area contributed by atoms with Gasteiger partial charge in [0.1, 0.15) is 0 Å². The van der Waals surface area contributed by atoms with E-state index in [0.717, 1.165) is 0 Å². The van der Waals surface area contributed by atoms with Gasteiger partial charge in [-0.2, -0.15) is 0 Å². The molecule has 1 saturated heterocycles. The number of amides is 1. The fraction of sp³-hybridized carbons (Fsp3) is 0.308. The highest BCUT2D eigenvalue weighted by atomic mass is 16.2. The number of nitrogens with zero attached hydrogens (tertiary/aromatic N) is 4. The highest BCUT2D eigenvalue weighted by Gasteiger charge is 2.31. The van der Waals surface area contributed by atoms with Gasteiger partial charge in [-0.05, 0) is 23.6 Å². The molecule has 1 aliphatic heterocycles. The first kappa shape index (κ1) is 13.9. The molecule has 9 heteroatoms. The highest BCUT2D eigenvalue weighted by molar-refractivity contribution is 6.04. The van der Waals surface area contributed by atoms with Crippen molar-refractivity contribution in [2.75, 3.05) is 18.0 Å². The van der Waals surface area contributed by atoms with Crippen molar-refractivity contribution in [3.05, 3.63) is 49.3 Å². The largest absolute Gasteiger partial charge is 0.311 e. The van der Waals surface area contributed by atoms with E-state index in [1.165, 1.54) is 11.0 Å². The molecule has 2 heterocycles. The van der Waals surface area contributed by atoms with Gasteiger partial charge in [0, 0.05) is 24.4 Å². The van der Waals surface area contributed by atoms with Crippen LogP contribution in [0.5, 0.6) is 0 Å². The first-order valence-electron chi connectivity index (χ1n) is 6.66. The Bertz CT molecular complexity index is 908. The van der Waals surface area contributed by atoms with Crippen LogP contribution >= 0.6 is 0 Å². The van der Waals surface area contributed by atoms with Crippen molar-refractivity contribution < 1.29 is 4.79 Å². The average molecular weight is 300 g/mol. The predicted octanol–water partition coefficient (Wildman–Crippen LogP) is 0.880. The Balaban J connectivity index is 2.10.